The van der Waals surface area contributed by atoms with Crippen molar-refractivity contribution >= 4 is 10.1 Å². The Kier molecular flexibility index (Phi) is 13.1. The van der Waals surface area contributed by atoms with E-state index in [9.17, 15) is 13.0 Å². The van der Waals surface area contributed by atoms with Crippen LogP contribution in [-0.4, -0.2) is 68.1 Å². The van der Waals surface area contributed by atoms with Gasteiger partial charge in [-0.3, -0.25) is 4.90 Å². The van der Waals surface area contributed by atoms with E-state index in [-0.39, 0.29) is 35.3 Å². The fourth-order valence-electron chi connectivity index (χ4n) is 1.08. The number of nitrogens with one attached hydrogen (secondary N) is 1. The molecule has 0 aromatic heterocycles. The van der Waals surface area contributed by atoms with Gasteiger partial charge in [-0.05, 0) is 0 Å². The molecule has 0 radical (unpaired) electrons. The monoisotopic (exact) mass is 262 g/mol. The maximum Gasteiger partial charge on any atom is 1.00 e. The summed E-state index contributed by atoms with van der Waals surface area (Å²) in [5, 5.41) is 11.8. The fraction of sp³-hybridized carbons (Fsp3) is 1.00. The molecule has 1 heterocycles. The Hall–Kier alpha value is 0.790. The van der Waals surface area contributed by atoms with E-state index in [1.165, 1.54) is 6.92 Å². The number of hydrogen-bond acceptors (Lipinski definition) is 6. The molecule has 2 N–H and O–H groups in total. The summed E-state index contributed by atoms with van der Waals surface area (Å²) >= 11 is 0. The van der Waals surface area contributed by atoms with Crippen molar-refractivity contribution in [3.63, 3.8) is 0 Å². The van der Waals surface area contributed by atoms with Gasteiger partial charge < -0.3 is 15.0 Å². The van der Waals surface area contributed by atoms with Gasteiger partial charge in [-0.1, -0.05) is 6.92 Å². The molecule has 0 amide bonds. The third-order valence-electron chi connectivity index (χ3n) is 1.98. The van der Waals surface area contributed by atoms with E-state index in [4.69, 9.17) is 5.11 Å². The van der Waals surface area contributed by atoms with Crippen molar-refractivity contribution in [1.82, 2.24) is 10.2 Å². The summed E-state index contributed by atoms with van der Waals surface area (Å²) in [6.07, 6.45) is 0. The SMILES string of the molecule is CCS(=O)(=O)[O-].OCCN1CCNCC1.[Na+]. The maximum absolute atomic E-state index is 9.44. The van der Waals surface area contributed by atoms with Crippen molar-refractivity contribution in [1.29, 1.82) is 0 Å². The van der Waals surface area contributed by atoms with E-state index in [2.05, 4.69) is 10.2 Å². The van der Waals surface area contributed by atoms with Gasteiger partial charge in [0.15, 0.2) is 0 Å². The van der Waals surface area contributed by atoms with Crippen LogP contribution in [0.1, 0.15) is 6.92 Å². The maximum atomic E-state index is 9.44. The summed E-state index contributed by atoms with van der Waals surface area (Å²) in [4.78, 5) is 2.26. The second-order valence-electron chi connectivity index (χ2n) is 3.16. The van der Waals surface area contributed by atoms with Gasteiger partial charge in [-0.25, -0.2) is 8.42 Å². The quantitative estimate of drug-likeness (QED) is 0.393. The Morgan fingerprint density at radius 1 is 1.38 bits per heavy atom. The molecule has 8 heteroatoms. The molecular formula is C8H19N2NaO4S. The average Bonchev–Trinajstić information content (AvgIpc) is 2.20. The number of aliphatic hydroxyl groups is 1. The smallest absolute Gasteiger partial charge is 0.748 e. The Labute approximate surface area is 119 Å². The minimum Gasteiger partial charge on any atom is -0.748 e. The predicted octanol–water partition coefficient (Wildman–Crippen LogP) is -4.56. The molecular weight excluding hydrogens is 243 g/mol. The van der Waals surface area contributed by atoms with Crippen molar-refractivity contribution in [2.24, 2.45) is 0 Å². The van der Waals surface area contributed by atoms with Crippen LogP contribution in [0.25, 0.3) is 0 Å². The van der Waals surface area contributed by atoms with E-state index in [0.717, 1.165) is 32.7 Å². The molecule has 0 atom stereocenters. The molecule has 1 aliphatic rings. The van der Waals surface area contributed by atoms with E-state index in [1.807, 2.05) is 0 Å². The number of β-amino-alcohol motifs (C(OH)–C–C–N with tert-alkyl or cyclic N) is 1. The first-order chi connectivity index (χ1) is 6.99. The largest absolute Gasteiger partial charge is 1.00 e. The summed E-state index contributed by atoms with van der Waals surface area (Å²) in [5.41, 5.74) is 0. The Morgan fingerprint density at radius 3 is 2.12 bits per heavy atom. The van der Waals surface area contributed by atoms with Gasteiger partial charge in [0.1, 0.15) is 0 Å². The molecule has 0 aromatic rings. The van der Waals surface area contributed by atoms with E-state index in [1.54, 1.807) is 0 Å². The van der Waals surface area contributed by atoms with Gasteiger partial charge in [-0.2, -0.15) is 0 Å². The Morgan fingerprint density at radius 2 is 1.81 bits per heavy atom. The Bertz CT molecular complexity index is 240. The van der Waals surface area contributed by atoms with E-state index < -0.39 is 10.1 Å². The van der Waals surface area contributed by atoms with Crippen LogP contribution in [0, 0.1) is 0 Å². The summed E-state index contributed by atoms with van der Waals surface area (Å²) in [5.74, 6) is -0.312. The first kappa shape index (κ1) is 19.1. The van der Waals surface area contributed by atoms with Crippen LogP contribution < -0.4 is 34.9 Å². The molecule has 92 valence electrons. The summed E-state index contributed by atoms with van der Waals surface area (Å²) in [6, 6.07) is 0. The normalized spacial score (nSPS) is 16.9. The Balaban J connectivity index is 0. The van der Waals surface area contributed by atoms with Crippen LogP contribution in [-0.2, 0) is 10.1 Å². The third kappa shape index (κ3) is 12.9. The minimum atomic E-state index is -3.91. The van der Waals surface area contributed by atoms with Crippen LogP contribution in [0.5, 0.6) is 0 Å². The van der Waals surface area contributed by atoms with Gasteiger partial charge in [0, 0.05) is 38.5 Å². The minimum absolute atomic E-state index is 0. The van der Waals surface area contributed by atoms with Crippen molar-refractivity contribution in [2.75, 3.05) is 45.1 Å². The molecule has 0 aromatic carbocycles. The van der Waals surface area contributed by atoms with Crippen LogP contribution in [0.15, 0.2) is 0 Å². The molecule has 6 nitrogen and oxygen atoms in total. The van der Waals surface area contributed by atoms with Crippen molar-refractivity contribution in [3.05, 3.63) is 0 Å². The van der Waals surface area contributed by atoms with Gasteiger partial charge in [0.25, 0.3) is 0 Å². The molecule has 0 bridgehead atoms. The number of aliphatic hydroxyl groups excluding tert-OH is 1. The van der Waals surface area contributed by atoms with E-state index in [0.29, 0.717) is 6.61 Å². The second kappa shape index (κ2) is 10.9. The zero-order chi connectivity index (χ0) is 11.7. The summed E-state index contributed by atoms with van der Waals surface area (Å²) < 4.78 is 28.3. The second-order valence-corrected chi connectivity index (χ2v) is 4.85. The topological polar surface area (TPSA) is 92.7 Å². The molecule has 0 aliphatic carbocycles. The van der Waals surface area contributed by atoms with Crippen molar-refractivity contribution < 1.29 is 47.6 Å². The van der Waals surface area contributed by atoms with Gasteiger partial charge in [-0.15, -0.1) is 0 Å². The summed E-state index contributed by atoms with van der Waals surface area (Å²) in [6.45, 7) is 6.74. The molecule has 0 saturated carbocycles. The zero-order valence-electron chi connectivity index (χ0n) is 9.98. The third-order valence-corrected chi connectivity index (χ3v) is 2.69. The number of rotatable bonds is 3. The molecule has 16 heavy (non-hydrogen) atoms. The van der Waals surface area contributed by atoms with Crippen LogP contribution in [0.4, 0.5) is 0 Å². The first-order valence-electron chi connectivity index (χ1n) is 4.97. The van der Waals surface area contributed by atoms with E-state index >= 15 is 0 Å². The van der Waals surface area contributed by atoms with Gasteiger partial charge >= 0.3 is 29.6 Å². The van der Waals surface area contributed by atoms with Gasteiger partial charge in [0.2, 0.25) is 0 Å². The number of nitrogens with zero attached hydrogens (tertiary/aromatic N) is 1. The fourth-order valence-corrected chi connectivity index (χ4v) is 1.08. The number of piperazine rings is 1. The van der Waals surface area contributed by atoms with Crippen LogP contribution in [0.2, 0.25) is 0 Å². The van der Waals surface area contributed by atoms with Crippen molar-refractivity contribution in [3.8, 4) is 0 Å². The van der Waals surface area contributed by atoms with Gasteiger partial charge in [0.05, 0.1) is 16.7 Å². The average molecular weight is 262 g/mol. The standard InChI is InChI=1S/C6H14N2O.C2H6O3S.Na/c9-6-5-8-3-1-7-2-4-8;1-2-6(3,4)5;/h7,9H,1-6H2;2H2,1H3,(H,3,4,5);/q;;+1/p-1. The predicted molar refractivity (Wildman–Crippen MR) is 56.6 cm³/mol. The van der Waals surface area contributed by atoms with Crippen molar-refractivity contribution in [2.45, 2.75) is 6.92 Å². The molecule has 0 spiro atoms. The first-order valence-corrected chi connectivity index (χ1v) is 6.55. The van der Waals surface area contributed by atoms with Crippen LogP contribution >= 0.6 is 0 Å². The molecule has 1 aliphatic heterocycles. The molecule has 1 fully saturated rings. The summed E-state index contributed by atoms with van der Waals surface area (Å²) in [7, 11) is -3.91. The van der Waals surface area contributed by atoms with Crippen LogP contribution in [0.3, 0.4) is 0 Å². The molecule has 1 saturated heterocycles. The molecule has 1 rings (SSSR count). The number of hydrogen-bond donors (Lipinski definition) is 2. The zero-order valence-corrected chi connectivity index (χ0v) is 12.8. The molecule has 0 unspecified atom stereocenters.